The Kier molecular flexibility index (Phi) is 5.00. The van der Waals surface area contributed by atoms with Gasteiger partial charge >= 0.3 is 0 Å². The Morgan fingerprint density at radius 1 is 1.22 bits per heavy atom. The van der Waals surface area contributed by atoms with Crippen molar-refractivity contribution in [1.29, 1.82) is 0 Å². The summed E-state index contributed by atoms with van der Waals surface area (Å²) in [5.41, 5.74) is 1.55. The van der Waals surface area contributed by atoms with Gasteiger partial charge in [-0.05, 0) is 42.7 Å². The third kappa shape index (κ3) is 3.93. The third-order valence-electron chi connectivity index (χ3n) is 3.13. The number of ketones is 1. The molecule has 0 aliphatic rings. The van der Waals surface area contributed by atoms with Gasteiger partial charge in [-0.15, -0.1) is 11.8 Å². The van der Waals surface area contributed by atoms with Crippen molar-refractivity contribution in [2.45, 2.75) is 0 Å². The molecule has 0 amide bonds. The molecule has 1 N–H and O–H groups in total. The minimum absolute atomic E-state index is 0.0698. The number of carbonyl (C=O) groups excluding carboxylic acids is 1. The number of aromatic nitrogens is 1. The van der Waals surface area contributed by atoms with Crippen LogP contribution >= 0.6 is 34.7 Å². The average Bonchev–Trinajstić information content (AvgIpc) is 2.97. The highest BCUT2D eigenvalue weighted by molar-refractivity contribution is 8.02. The Hall–Kier alpha value is -1.82. The Balaban J connectivity index is 1.81. The van der Waals surface area contributed by atoms with E-state index in [1.54, 1.807) is 41.7 Å². The molecule has 0 saturated carbocycles. The van der Waals surface area contributed by atoms with E-state index in [4.69, 9.17) is 11.6 Å². The van der Waals surface area contributed by atoms with Crippen LogP contribution in [0.25, 0.3) is 10.2 Å². The van der Waals surface area contributed by atoms with Gasteiger partial charge in [-0.1, -0.05) is 35.1 Å². The molecule has 0 bridgehead atoms. The first-order valence-corrected chi connectivity index (χ1v) is 9.26. The maximum absolute atomic E-state index is 12.3. The number of nitrogens with zero attached hydrogens (tertiary/aromatic N) is 1. The van der Waals surface area contributed by atoms with Crippen LogP contribution in [0.4, 0.5) is 5.13 Å². The first-order valence-electron chi connectivity index (χ1n) is 6.84. The van der Waals surface area contributed by atoms with Crippen molar-refractivity contribution in [3.63, 3.8) is 0 Å². The summed E-state index contributed by atoms with van der Waals surface area (Å²) < 4.78 is 1.11. The topological polar surface area (TPSA) is 42.0 Å². The fraction of sp³-hybridized carbons (Fsp3) is 0.0588. The molecule has 0 fully saturated rings. The number of benzene rings is 2. The van der Waals surface area contributed by atoms with Crippen LogP contribution in [0.15, 0.2) is 59.6 Å². The predicted molar refractivity (Wildman–Crippen MR) is 101 cm³/mol. The Morgan fingerprint density at radius 2 is 1.96 bits per heavy atom. The van der Waals surface area contributed by atoms with Crippen molar-refractivity contribution in [2.75, 3.05) is 11.6 Å². The van der Waals surface area contributed by atoms with Crippen molar-refractivity contribution in [1.82, 2.24) is 4.98 Å². The van der Waals surface area contributed by atoms with Crippen LogP contribution in [0.3, 0.4) is 0 Å². The number of fused-ring (bicyclic) bond motifs is 1. The summed E-state index contributed by atoms with van der Waals surface area (Å²) in [5.74, 6) is -0.0698. The quantitative estimate of drug-likeness (QED) is 0.485. The minimum Gasteiger partial charge on any atom is -0.326 e. The highest BCUT2D eigenvalue weighted by Gasteiger charge is 2.08. The summed E-state index contributed by atoms with van der Waals surface area (Å²) in [6.07, 6.45) is 3.50. The lowest BCUT2D eigenvalue weighted by Crippen LogP contribution is -2.01. The second-order valence-corrected chi connectivity index (χ2v) is 7.01. The van der Waals surface area contributed by atoms with Crippen LogP contribution in [0.2, 0.25) is 5.02 Å². The van der Waals surface area contributed by atoms with Gasteiger partial charge < -0.3 is 5.32 Å². The van der Waals surface area contributed by atoms with E-state index in [2.05, 4.69) is 10.3 Å². The van der Waals surface area contributed by atoms with E-state index >= 15 is 0 Å². The predicted octanol–water partition coefficient (Wildman–Crippen LogP) is 5.45. The van der Waals surface area contributed by atoms with E-state index in [1.807, 2.05) is 30.5 Å². The number of allylic oxidation sites excluding steroid dienone is 1. The molecule has 1 heterocycles. The Morgan fingerprint density at radius 3 is 2.65 bits per heavy atom. The van der Waals surface area contributed by atoms with Crippen LogP contribution in [0, 0.1) is 0 Å². The van der Waals surface area contributed by atoms with Gasteiger partial charge in [-0.25, -0.2) is 4.98 Å². The zero-order chi connectivity index (χ0) is 16.2. The van der Waals surface area contributed by atoms with Gasteiger partial charge in [-0.2, -0.15) is 0 Å². The summed E-state index contributed by atoms with van der Waals surface area (Å²) in [6.45, 7) is 0. The zero-order valence-corrected chi connectivity index (χ0v) is 14.6. The number of para-hydroxylation sites is 1. The van der Waals surface area contributed by atoms with Crippen molar-refractivity contribution >= 4 is 55.8 Å². The van der Waals surface area contributed by atoms with E-state index in [9.17, 15) is 4.79 Å². The van der Waals surface area contributed by atoms with Gasteiger partial charge in [0.15, 0.2) is 10.9 Å². The molecule has 3 nitrogen and oxygen atoms in total. The molecule has 3 aromatic rings. The van der Waals surface area contributed by atoms with Crippen LogP contribution in [-0.4, -0.2) is 17.0 Å². The van der Waals surface area contributed by atoms with Gasteiger partial charge in [0.1, 0.15) is 0 Å². The fourth-order valence-corrected chi connectivity index (χ4v) is 3.49. The maximum atomic E-state index is 12.3. The van der Waals surface area contributed by atoms with Crippen LogP contribution in [0.1, 0.15) is 10.4 Å². The molecular formula is C17H13ClN2OS2. The summed E-state index contributed by atoms with van der Waals surface area (Å²) in [5, 5.41) is 5.36. The largest absolute Gasteiger partial charge is 0.326 e. The summed E-state index contributed by atoms with van der Waals surface area (Å²) in [4.78, 5) is 16.8. The van der Waals surface area contributed by atoms with Gasteiger partial charge in [0, 0.05) is 16.7 Å². The molecule has 1 aromatic heterocycles. The lowest BCUT2D eigenvalue weighted by Gasteiger charge is -2.05. The monoisotopic (exact) mass is 360 g/mol. The second kappa shape index (κ2) is 7.17. The molecule has 0 aliphatic heterocycles. The number of rotatable bonds is 5. The Labute approximate surface area is 147 Å². The van der Waals surface area contributed by atoms with E-state index in [-0.39, 0.29) is 5.78 Å². The molecule has 2 aromatic carbocycles. The molecule has 23 heavy (non-hydrogen) atoms. The first-order chi connectivity index (χ1) is 11.2. The van der Waals surface area contributed by atoms with E-state index in [1.165, 1.54) is 11.8 Å². The molecule has 3 rings (SSSR count). The van der Waals surface area contributed by atoms with Crippen molar-refractivity contribution in [3.8, 4) is 0 Å². The normalized spacial score (nSPS) is 11.7. The maximum Gasteiger partial charge on any atom is 0.188 e. The molecular weight excluding hydrogens is 348 g/mol. The van der Waals surface area contributed by atoms with Crippen LogP contribution < -0.4 is 5.32 Å². The average molecular weight is 361 g/mol. The molecule has 0 atom stereocenters. The molecule has 0 spiro atoms. The molecule has 6 heteroatoms. The minimum atomic E-state index is -0.0698. The highest BCUT2D eigenvalue weighted by atomic mass is 35.5. The second-order valence-electron chi connectivity index (χ2n) is 4.70. The van der Waals surface area contributed by atoms with E-state index in [0.717, 1.165) is 20.4 Å². The van der Waals surface area contributed by atoms with Crippen molar-refractivity contribution in [3.05, 3.63) is 70.2 Å². The molecule has 0 radical (unpaired) electrons. The van der Waals surface area contributed by atoms with Crippen molar-refractivity contribution < 1.29 is 4.79 Å². The number of hydrogen-bond donors (Lipinski definition) is 1. The number of thioether (sulfide) groups is 1. The number of anilines is 1. The summed E-state index contributed by atoms with van der Waals surface area (Å²) in [6, 6.07) is 14.8. The van der Waals surface area contributed by atoms with Gasteiger partial charge in [0.05, 0.1) is 15.2 Å². The first kappa shape index (κ1) is 16.1. The Bertz CT molecular complexity index is 839. The van der Waals surface area contributed by atoms with Crippen LogP contribution in [0.5, 0.6) is 0 Å². The SMILES string of the molecule is CS/C(=C/C(=O)c1ccc(Cl)cc1)Nc1nc2ccccc2s1. The van der Waals surface area contributed by atoms with E-state index < -0.39 is 0 Å². The van der Waals surface area contributed by atoms with Gasteiger partial charge in [-0.3, -0.25) is 4.79 Å². The van der Waals surface area contributed by atoms with Gasteiger partial charge in [0.2, 0.25) is 0 Å². The fourth-order valence-electron chi connectivity index (χ4n) is 1.99. The number of halogens is 1. The zero-order valence-electron chi connectivity index (χ0n) is 12.2. The summed E-state index contributed by atoms with van der Waals surface area (Å²) >= 11 is 8.88. The lowest BCUT2D eigenvalue weighted by atomic mass is 10.1. The highest BCUT2D eigenvalue weighted by Crippen LogP contribution is 2.28. The van der Waals surface area contributed by atoms with Gasteiger partial charge in [0.25, 0.3) is 0 Å². The van der Waals surface area contributed by atoms with Crippen LogP contribution in [-0.2, 0) is 0 Å². The lowest BCUT2D eigenvalue weighted by molar-refractivity contribution is 0.104. The molecule has 0 saturated heterocycles. The smallest absolute Gasteiger partial charge is 0.188 e. The third-order valence-corrected chi connectivity index (χ3v) is 5.00. The molecule has 0 unspecified atom stereocenters. The number of carbonyl (C=O) groups is 1. The van der Waals surface area contributed by atoms with Crippen molar-refractivity contribution in [2.24, 2.45) is 0 Å². The number of thiazole rings is 1. The number of nitrogens with one attached hydrogen (secondary N) is 1. The molecule has 116 valence electrons. The standard InChI is InChI=1S/C17H13ClN2OS2/c1-22-16(10-14(21)11-6-8-12(18)9-7-11)20-17-19-13-4-2-3-5-15(13)23-17/h2-10H,1H3,(H,19,20)/b16-10+. The summed E-state index contributed by atoms with van der Waals surface area (Å²) in [7, 11) is 0. The van der Waals surface area contributed by atoms with E-state index in [0.29, 0.717) is 10.6 Å². The number of hydrogen-bond acceptors (Lipinski definition) is 5. The molecule has 0 aliphatic carbocycles.